The zero-order valence-corrected chi connectivity index (χ0v) is 13.8. The molecular weight excluding hydrogens is 294 g/mol. The van der Waals surface area contributed by atoms with Gasteiger partial charge in [-0.3, -0.25) is 9.89 Å². The van der Waals surface area contributed by atoms with E-state index in [-0.39, 0.29) is 18.1 Å². The number of amides is 1. The summed E-state index contributed by atoms with van der Waals surface area (Å²) < 4.78 is 10.7. The molecule has 1 aliphatic heterocycles. The first-order valence-electron chi connectivity index (χ1n) is 7.58. The summed E-state index contributed by atoms with van der Waals surface area (Å²) in [5.74, 6) is 1.39. The first-order chi connectivity index (χ1) is 10.8. The van der Waals surface area contributed by atoms with E-state index < -0.39 is 0 Å². The van der Waals surface area contributed by atoms with E-state index in [0.717, 1.165) is 17.0 Å². The minimum Gasteiger partial charge on any atom is -0.454 e. The van der Waals surface area contributed by atoms with Crippen LogP contribution in [0, 0.1) is 12.3 Å². The molecule has 1 aromatic heterocycles. The second-order valence-electron chi connectivity index (χ2n) is 6.93. The number of hydrogen-bond acceptors (Lipinski definition) is 4. The quantitative estimate of drug-likeness (QED) is 0.909. The maximum Gasteiger partial charge on any atom is 0.231 e. The van der Waals surface area contributed by atoms with Gasteiger partial charge in [0, 0.05) is 12.0 Å². The lowest BCUT2D eigenvalue weighted by Gasteiger charge is -2.17. The molecule has 2 heterocycles. The number of carbonyl (C=O) groups excluding carboxylic acids is 1. The molecule has 122 valence electrons. The predicted molar refractivity (Wildman–Crippen MR) is 87.6 cm³/mol. The Kier molecular flexibility index (Phi) is 3.75. The zero-order valence-electron chi connectivity index (χ0n) is 13.8. The van der Waals surface area contributed by atoms with Crippen LogP contribution < -0.4 is 14.8 Å². The molecule has 6 nitrogen and oxygen atoms in total. The standard InChI is InChI=1S/C17H21N3O3/c1-10-15(18-14(21)8-17(2,3)4)16(20-19-10)11-5-6-12-13(7-11)23-9-22-12/h5-7H,8-9H2,1-4H3,(H,18,21)(H,19,20). The molecule has 0 radical (unpaired) electrons. The third kappa shape index (κ3) is 3.31. The topological polar surface area (TPSA) is 76.2 Å². The van der Waals surface area contributed by atoms with Gasteiger partial charge in [-0.15, -0.1) is 0 Å². The van der Waals surface area contributed by atoms with Gasteiger partial charge in [-0.2, -0.15) is 5.10 Å². The molecule has 2 aromatic rings. The highest BCUT2D eigenvalue weighted by atomic mass is 16.7. The Hall–Kier alpha value is -2.50. The second-order valence-corrected chi connectivity index (χ2v) is 6.93. The van der Waals surface area contributed by atoms with E-state index in [1.54, 1.807) is 0 Å². The smallest absolute Gasteiger partial charge is 0.231 e. The molecule has 0 saturated carbocycles. The van der Waals surface area contributed by atoms with E-state index in [1.807, 2.05) is 45.9 Å². The number of hydrogen-bond donors (Lipinski definition) is 2. The normalized spacial score (nSPS) is 13.2. The molecule has 0 saturated heterocycles. The fourth-order valence-corrected chi connectivity index (χ4v) is 2.50. The highest BCUT2D eigenvalue weighted by molar-refractivity contribution is 5.95. The molecule has 0 aliphatic carbocycles. The number of anilines is 1. The van der Waals surface area contributed by atoms with Crippen LogP contribution >= 0.6 is 0 Å². The average molecular weight is 315 g/mol. The maximum atomic E-state index is 12.3. The van der Waals surface area contributed by atoms with Crippen LogP contribution in [0.25, 0.3) is 11.3 Å². The first-order valence-corrected chi connectivity index (χ1v) is 7.58. The fourth-order valence-electron chi connectivity index (χ4n) is 2.50. The van der Waals surface area contributed by atoms with Crippen molar-refractivity contribution in [3.05, 3.63) is 23.9 Å². The number of ether oxygens (including phenoxy) is 2. The van der Waals surface area contributed by atoms with Crippen LogP contribution in [0.15, 0.2) is 18.2 Å². The van der Waals surface area contributed by atoms with Gasteiger partial charge in [0.05, 0.1) is 11.4 Å². The fraction of sp³-hybridized carbons (Fsp3) is 0.412. The van der Waals surface area contributed by atoms with Crippen molar-refractivity contribution < 1.29 is 14.3 Å². The van der Waals surface area contributed by atoms with Crippen molar-refractivity contribution in [2.75, 3.05) is 12.1 Å². The van der Waals surface area contributed by atoms with Crippen molar-refractivity contribution in [2.45, 2.75) is 34.1 Å². The van der Waals surface area contributed by atoms with Gasteiger partial charge in [0.25, 0.3) is 0 Å². The molecule has 0 unspecified atom stereocenters. The van der Waals surface area contributed by atoms with Gasteiger partial charge >= 0.3 is 0 Å². The summed E-state index contributed by atoms with van der Waals surface area (Å²) in [6, 6.07) is 5.63. The number of nitrogens with zero attached hydrogens (tertiary/aromatic N) is 1. The predicted octanol–water partition coefficient (Wildman–Crippen LogP) is 3.49. The molecule has 3 rings (SSSR count). The Balaban J connectivity index is 1.88. The number of fused-ring (bicyclic) bond motifs is 1. The molecule has 6 heteroatoms. The number of aromatic amines is 1. The van der Waals surface area contributed by atoms with Crippen LogP contribution in [-0.4, -0.2) is 22.9 Å². The summed E-state index contributed by atoms with van der Waals surface area (Å²) in [6.45, 7) is 8.22. The van der Waals surface area contributed by atoms with Crippen LogP contribution in [0.4, 0.5) is 5.69 Å². The number of aromatic nitrogens is 2. The summed E-state index contributed by atoms with van der Waals surface area (Å²) in [7, 11) is 0. The molecule has 23 heavy (non-hydrogen) atoms. The molecule has 1 aliphatic rings. The monoisotopic (exact) mass is 315 g/mol. The first kappa shape index (κ1) is 15.4. The van der Waals surface area contributed by atoms with E-state index in [1.165, 1.54) is 0 Å². The van der Waals surface area contributed by atoms with E-state index in [4.69, 9.17) is 9.47 Å². The highest BCUT2D eigenvalue weighted by Crippen LogP contribution is 2.38. The Morgan fingerprint density at radius 3 is 2.78 bits per heavy atom. The molecule has 0 bridgehead atoms. The second kappa shape index (κ2) is 5.61. The van der Waals surface area contributed by atoms with Crippen LogP contribution in [0.2, 0.25) is 0 Å². The van der Waals surface area contributed by atoms with Crippen molar-refractivity contribution in [1.82, 2.24) is 10.2 Å². The average Bonchev–Trinajstić information content (AvgIpc) is 3.03. The van der Waals surface area contributed by atoms with Crippen LogP contribution in [0.3, 0.4) is 0 Å². The summed E-state index contributed by atoms with van der Waals surface area (Å²) in [5, 5.41) is 10.2. The molecule has 1 aromatic carbocycles. The Labute approximate surface area is 135 Å². The third-order valence-corrected chi connectivity index (χ3v) is 3.55. The van der Waals surface area contributed by atoms with Crippen molar-refractivity contribution in [3.8, 4) is 22.8 Å². The number of benzene rings is 1. The Morgan fingerprint density at radius 1 is 1.30 bits per heavy atom. The highest BCUT2D eigenvalue weighted by Gasteiger charge is 2.21. The van der Waals surface area contributed by atoms with Crippen LogP contribution in [0.1, 0.15) is 32.9 Å². The molecule has 2 N–H and O–H groups in total. The van der Waals surface area contributed by atoms with Crippen molar-refractivity contribution in [1.29, 1.82) is 0 Å². The lowest BCUT2D eigenvalue weighted by atomic mass is 9.92. The summed E-state index contributed by atoms with van der Waals surface area (Å²) in [4.78, 5) is 12.3. The molecule has 0 atom stereocenters. The van der Waals surface area contributed by atoms with Gasteiger partial charge in [-0.25, -0.2) is 0 Å². The Morgan fingerprint density at radius 2 is 2.04 bits per heavy atom. The van der Waals surface area contributed by atoms with Gasteiger partial charge in [0.2, 0.25) is 12.7 Å². The van der Waals surface area contributed by atoms with Crippen molar-refractivity contribution in [2.24, 2.45) is 5.41 Å². The third-order valence-electron chi connectivity index (χ3n) is 3.55. The number of carbonyl (C=O) groups is 1. The summed E-state index contributed by atoms with van der Waals surface area (Å²) >= 11 is 0. The number of aryl methyl sites for hydroxylation is 1. The van der Waals surface area contributed by atoms with E-state index in [0.29, 0.717) is 23.6 Å². The minimum atomic E-state index is -0.0688. The molecule has 0 spiro atoms. The van der Waals surface area contributed by atoms with E-state index >= 15 is 0 Å². The summed E-state index contributed by atoms with van der Waals surface area (Å²) in [5.41, 5.74) is 3.02. The molecular formula is C17H21N3O3. The molecule has 0 fully saturated rings. The maximum absolute atomic E-state index is 12.3. The minimum absolute atomic E-state index is 0.0241. The molecule has 1 amide bonds. The van der Waals surface area contributed by atoms with Gasteiger partial charge in [-0.05, 0) is 30.5 Å². The van der Waals surface area contributed by atoms with Crippen molar-refractivity contribution in [3.63, 3.8) is 0 Å². The number of rotatable bonds is 3. The van der Waals surface area contributed by atoms with Gasteiger partial charge < -0.3 is 14.8 Å². The number of H-pyrrole nitrogens is 1. The number of nitrogens with one attached hydrogen (secondary N) is 2. The van der Waals surface area contributed by atoms with Gasteiger partial charge in [-0.1, -0.05) is 20.8 Å². The zero-order chi connectivity index (χ0) is 16.6. The largest absolute Gasteiger partial charge is 0.454 e. The lowest BCUT2D eigenvalue weighted by Crippen LogP contribution is -2.20. The van der Waals surface area contributed by atoms with E-state index in [9.17, 15) is 4.79 Å². The van der Waals surface area contributed by atoms with Crippen molar-refractivity contribution >= 4 is 11.6 Å². The van der Waals surface area contributed by atoms with E-state index in [2.05, 4.69) is 15.5 Å². The van der Waals surface area contributed by atoms with Gasteiger partial charge in [0.15, 0.2) is 11.5 Å². The Bertz CT molecular complexity index is 744. The van der Waals surface area contributed by atoms with Crippen LogP contribution in [0.5, 0.6) is 11.5 Å². The summed E-state index contributed by atoms with van der Waals surface area (Å²) in [6.07, 6.45) is 0.443. The van der Waals surface area contributed by atoms with Crippen LogP contribution in [-0.2, 0) is 4.79 Å². The SMILES string of the molecule is Cc1[nH]nc(-c2ccc3c(c2)OCO3)c1NC(=O)CC(C)(C)C. The van der Waals surface area contributed by atoms with Gasteiger partial charge in [0.1, 0.15) is 5.69 Å². The lowest BCUT2D eigenvalue weighted by molar-refractivity contribution is -0.117.